The van der Waals surface area contributed by atoms with E-state index in [1.54, 1.807) is 29.2 Å². The second-order valence-corrected chi connectivity index (χ2v) is 9.26. The van der Waals surface area contributed by atoms with Crippen LogP contribution >= 0.6 is 11.6 Å². The van der Waals surface area contributed by atoms with Crippen LogP contribution in [0.15, 0.2) is 42.5 Å². The molecule has 3 aliphatic rings. The van der Waals surface area contributed by atoms with Gasteiger partial charge in [0, 0.05) is 47.1 Å². The summed E-state index contributed by atoms with van der Waals surface area (Å²) in [7, 11) is 0. The highest BCUT2D eigenvalue weighted by Crippen LogP contribution is 2.39. The van der Waals surface area contributed by atoms with Crippen molar-refractivity contribution in [2.75, 3.05) is 23.3 Å². The molecule has 0 saturated carbocycles. The molecule has 1 saturated heterocycles. The first kappa shape index (κ1) is 20.3. The van der Waals surface area contributed by atoms with E-state index in [0.29, 0.717) is 27.9 Å². The van der Waals surface area contributed by atoms with Gasteiger partial charge in [-0.2, -0.15) is 0 Å². The molecule has 1 fully saturated rings. The SMILES string of the molecule is CC(C)N1CCC(Nc2ccc3c4c2C(=O)N(c2cccc(Cl)c2)C(C=C3)C4=O)CC1. The highest BCUT2D eigenvalue weighted by atomic mass is 35.5. The average Bonchev–Trinajstić information content (AvgIpc) is 2.75. The number of fused-ring (bicyclic) bond motifs is 1. The van der Waals surface area contributed by atoms with Crippen molar-refractivity contribution < 1.29 is 9.59 Å². The molecule has 5 rings (SSSR count). The van der Waals surface area contributed by atoms with Gasteiger partial charge in [0.25, 0.3) is 5.91 Å². The lowest BCUT2D eigenvalue weighted by Crippen LogP contribution is -2.51. The van der Waals surface area contributed by atoms with Crippen LogP contribution in [0.5, 0.6) is 0 Å². The average molecular weight is 436 g/mol. The van der Waals surface area contributed by atoms with Gasteiger partial charge in [0.15, 0.2) is 5.78 Å². The van der Waals surface area contributed by atoms with Crippen LogP contribution in [0.1, 0.15) is 53.0 Å². The summed E-state index contributed by atoms with van der Waals surface area (Å²) in [4.78, 5) is 31.1. The van der Waals surface area contributed by atoms with E-state index in [1.807, 2.05) is 24.3 Å². The second-order valence-electron chi connectivity index (χ2n) is 8.82. The first-order valence-electron chi connectivity index (χ1n) is 10.9. The van der Waals surface area contributed by atoms with Crippen LogP contribution in [0.3, 0.4) is 0 Å². The van der Waals surface area contributed by atoms with Gasteiger partial charge < -0.3 is 10.2 Å². The van der Waals surface area contributed by atoms with Crippen LogP contribution in [-0.4, -0.2) is 47.8 Å². The van der Waals surface area contributed by atoms with Crippen molar-refractivity contribution in [3.63, 3.8) is 0 Å². The van der Waals surface area contributed by atoms with Gasteiger partial charge in [0.05, 0.1) is 5.56 Å². The number of Topliss-reactive ketones (excluding diaryl/α,β-unsaturated/α-hetero) is 1. The summed E-state index contributed by atoms with van der Waals surface area (Å²) in [5.74, 6) is -0.194. The van der Waals surface area contributed by atoms with Crippen molar-refractivity contribution in [3.8, 4) is 0 Å². The number of halogens is 1. The number of carbonyl (C=O) groups is 2. The predicted octanol–water partition coefficient (Wildman–Crippen LogP) is 4.86. The Labute approximate surface area is 187 Å². The smallest absolute Gasteiger partial charge is 0.262 e. The molecule has 2 bridgehead atoms. The van der Waals surface area contributed by atoms with E-state index in [4.69, 9.17) is 11.6 Å². The molecule has 2 aromatic rings. The molecule has 0 radical (unpaired) electrons. The van der Waals surface area contributed by atoms with Crippen molar-refractivity contribution in [2.24, 2.45) is 0 Å². The van der Waals surface area contributed by atoms with Crippen molar-refractivity contribution >= 4 is 40.7 Å². The van der Waals surface area contributed by atoms with Crippen LogP contribution < -0.4 is 10.2 Å². The van der Waals surface area contributed by atoms with Gasteiger partial charge in [-0.05, 0) is 56.5 Å². The number of hydrogen-bond acceptors (Lipinski definition) is 4. The molecule has 0 spiro atoms. The Balaban J connectivity index is 1.51. The fourth-order valence-electron chi connectivity index (χ4n) is 4.93. The zero-order chi connectivity index (χ0) is 21.7. The fraction of sp³-hybridized carbons (Fsp3) is 0.360. The first-order valence-corrected chi connectivity index (χ1v) is 11.3. The Kier molecular flexibility index (Phi) is 5.11. The van der Waals surface area contributed by atoms with Gasteiger partial charge in [0.2, 0.25) is 0 Å². The Morgan fingerprint density at radius 3 is 2.55 bits per heavy atom. The summed E-state index contributed by atoms with van der Waals surface area (Å²) >= 11 is 6.19. The molecule has 1 N–H and O–H groups in total. The topological polar surface area (TPSA) is 52.7 Å². The van der Waals surface area contributed by atoms with Gasteiger partial charge >= 0.3 is 0 Å². The van der Waals surface area contributed by atoms with Crippen molar-refractivity contribution in [2.45, 2.75) is 44.8 Å². The molecule has 2 aliphatic heterocycles. The normalized spacial score (nSPS) is 21.2. The predicted molar refractivity (Wildman–Crippen MR) is 125 cm³/mol. The number of anilines is 2. The third-order valence-electron chi connectivity index (χ3n) is 6.63. The summed E-state index contributed by atoms with van der Waals surface area (Å²) in [5, 5.41) is 4.13. The van der Waals surface area contributed by atoms with Gasteiger partial charge in [0.1, 0.15) is 6.04 Å². The molecule has 1 atom stereocenters. The molecular formula is C25H26ClN3O2. The molecule has 0 aromatic heterocycles. The zero-order valence-corrected chi connectivity index (χ0v) is 18.5. The summed E-state index contributed by atoms with van der Waals surface area (Å²) in [5.41, 5.74) is 3.22. The van der Waals surface area contributed by atoms with E-state index < -0.39 is 6.04 Å². The third kappa shape index (κ3) is 3.46. The number of nitrogens with one attached hydrogen (secondary N) is 1. The third-order valence-corrected chi connectivity index (χ3v) is 6.86. The number of likely N-dealkylation sites (tertiary alicyclic amines) is 1. The highest BCUT2D eigenvalue weighted by molar-refractivity contribution is 6.31. The molecule has 1 unspecified atom stereocenters. The maximum atomic E-state index is 13.7. The van der Waals surface area contributed by atoms with E-state index in [1.165, 1.54) is 0 Å². The number of rotatable bonds is 4. The number of ketones is 1. The molecule has 31 heavy (non-hydrogen) atoms. The number of amides is 1. The molecule has 1 amide bonds. The van der Waals surface area contributed by atoms with Crippen molar-refractivity contribution in [1.82, 2.24) is 4.90 Å². The summed E-state index contributed by atoms with van der Waals surface area (Å²) in [6.07, 6.45) is 5.77. The molecule has 5 nitrogen and oxygen atoms in total. The Morgan fingerprint density at radius 2 is 1.84 bits per heavy atom. The summed E-state index contributed by atoms with van der Waals surface area (Å²) in [6, 6.07) is 11.2. The van der Waals surface area contributed by atoms with E-state index >= 15 is 0 Å². The van der Waals surface area contributed by atoms with Crippen LogP contribution in [-0.2, 0) is 0 Å². The lowest BCUT2D eigenvalue weighted by atomic mass is 9.82. The summed E-state index contributed by atoms with van der Waals surface area (Å²) < 4.78 is 0. The van der Waals surface area contributed by atoms with Gasteiger partial charge in [-0.1, -0.05) is 35.9 Å². The van der Waals surface area contributed by atoms with Crippen LogP contribution in [0.25, 0.3) is 6.08 Å². The largest absolute Gasteiger partial charge is 0.382 e. The molecule has 1 aliphatic carbocycles. The van der Waals surface area contributed by atoms with Crippen LogP contribution in [0, 0.1) is 0 Å². The van der Waals surface area contributed by atoms with Crippen LogP contribution in [0.2, 0.25) is 5.02 Å². The lowest BCUT2D eigenvalue weighted by molar-refractivity contribution is 0.0885. The molecular weight excluding hydrogens is 410 g/mol. The molecule has 2 aromatic carbocycles. The van der Waals surface area contributed by atoms with E-state index in [-0.39, 0.29) is 17.7 Å². The number of hydrogen-bond donors (Lipinski definition) is 1. The molecule has 2 heterocycles. The quantitative estimate of drug-likeness (QED) is 0.744. The first-order chi connectivity index (χ1) is 14.9. The zero-order valence-electron chi connectivity index (χ0n) is 17.8. The Morgan fingerprint density at radius 1 is 1.06 bits per heavy atom. The van der Waals surface area contributed by atoms with Gasteiger partial charge in [-0.3, -0.25) is 14.5 Å². The van der Waals surface area contributed by atoms with Gasteiger partial charge in [-0.25, -0.2) is 0 Å². The Bertz CT molecular complexity index is 1090. The van der Waals surface area contributed by atoms with Gasteiger partial charge in [-0.15, -0.1) is 0 Å². The molecule has 160 valence electrons. The fourth-order valence-corrected chi connectivity index (χ4v) is 5.11. The summed E-state index contributed by atoms with van der Waals surface area (Å²) in [6.45, 7) is 6.50. The van der Waals surface area contributed by atoms with E-state index in [2.05, 4.69) is 24.1 Å². The number of carbonyl (C=O) groups excluding carboxylic acids is 2. The minimum absolute atomic E-state index is 0.0367. The maximum Gasteiger partial charge on any atom is 0.262 e. The monoisotopic (exact) mass is 435 g/mol. The van der Waals surface area contributed by atoms with Crippen molar-refractivity contribution in [3.05, 3.63) is 64.2 Å². The number of benzene rings is 2. The second kappa shape index (κ2) is 7.81. The highest BCUT2D eigenvalue weighted by Gasteiger charge is 2.43. The standard InChI is InChI=1S/C25H26ClN3O2/c1-15(2)28-12-10-18(11-13-28)27-20-8-6-16-7-9-21-24(30)22(16)23(20)25(31)29(21)19-5-3-4-17(26)14-19/h3-9,14-15,18,21,27H,10-13H2,1-2H3. The number of piperidine rings is 1. The molecule has 6 heteroatoms. The van der Waals surface area contributed by atoms with E-state index in [9.17, 15) is 9.59 Å². The minimum atomic E-state index is -0.629. The lowest BCUT2D eigenvalue weighted by Gasteiger charge is -2.39. The van der Waals surface area contributed by atoms with E-state index in [0.717, 1.165) is 37.2 Å². The number of nitrogens with zero attached hydrogens (tertiary/aromatic N) is 2. The van der Waals surface area contributed by atoms with Crippen molar-refractivity contribution in [1.29, 1.82) is 0 Å². The maximum absolute atomic E-state index is 13.7. The van der Waals surface area contributed by atoms with Crippen LogP contribution in [0.4, 0.5) is 11.4 Å². The Hall–Kier alpha value is -2.63. The minimum Gasteiger partial charge on any atom is -0.382 e.